The number of piperidine rings is 1. The van der Waals surface area contributed by atoms with Gasteiger partial charge in [-0.2, -0.15) is 0 Å². The molecule has 0 aromatic carbocycles. The molecule has 8 heteroatoms. The van der Waals surface area contributed by atoms with E-state index in [0.717, 1.165) is 40.7 Å². The Kier molecular flexibility index (Phi) is 4.14. The van der Waals surface area contributed by atoms with Crippen LogP contribution in [-0.4, -0.2) is 43.5 Å². The van der Waals surface area contributed by atoms with Gasteiger partial charge in [0.1, 0.15) is 4.88 Å². The Morgan fingerprint density at radius 1 is 1.27 bits per heavy atom. The Morgan fingerprint density at radius 2 is 2.08 bits per heavy atom. The molecule has 1 aliphatic heterocycles. The van der Waals surface area contributed by atoms with Crippen molar-refractivity contribution in [3.63, 3.8) is 0 Å². The standard InChI is InChI=1S/C18H21N5O2S/c1-10-7-16(24)23-15(19-10)8-14(21-23)13-5-4-6-22(9-13)18(25)17-11(2)20-12(3)26-17/h7-8,13,21H,4-6,9H2,1-3H3/t13-/m0/s1. The van der Waals surface area contributed by atoms with E-state index in [0.29, 0.717) is 17.9 Å². The number of aromatic nitrogens is 4. The number of fused-ring (bicyclic) bond motifs is 1. The molecule has 0 saturated carbocycles. The summed E-state index contributed by atoms with van der Waals surface area (Å²) in [5.74, 6) is 0.225. The summed E-state index contributed by atoms with van der Waals surface area (Å²) in [4.78, 5) is 36.4. The minimum atomic E-state index is -0.113. The summed E-state index contributed by atoms with van der Waals surface area (Å²) >= 11 is 1.45. The zero-order valence-corrected chi connectivity index (χ0v) is 15.9. The Hall–Kier alpha value is -2.48. The first-order chi connectivity index (χ1) is 12.4. The lowest BCUT2D eigenvalue weighted by atomic mass is 9.94. The molecule has 0 radical (unpaired) electrons. The Morgan fingerprint density at radius 3 is 2.81 bits per heavy atom. The van der Waals surface area contributed by atoms with Crippen LogP contribution in [0.5, 0.6) is 0 Å². The number of aromatic amines is 1. The number of rotatable bonds is 2. The maximum atomic E-state index is 12.9. The van der Waals surface area contributed by atoms with Crippen molar-refractivity contribution in [3.8, 4) is 0 Å². The molecule has 4 heterocycles. The number of hydrogen-bond acceptors (Lipinski definition) is 5. The van der Waals surface area contributed by atoms with Gasteiger partial charge in [-0.3, -0.25) is 14.7 Å². The monoisotopic (exact) mass is 371 g/mol. The predicted molar refractivity (Wildman–Crippen MR) is 100 cm³/mol. The molecule has 4 rings (SSSR count). The summed E-state index contributed by atoms with van der Waals surface area (Å²) in [5.41, 5.74) is 2.98. The van der Waals surface area contributed by atoms with Crippen molar-refractivity contribution in [2.45, 2.75) is 39.5 Å². The van der Waals surface area contributed by atoms with E-state index >= 15 is 0 Å². The number of likely N-dealkylation sites (tertiary alicyclic amines) is 1. The number of nitrogens with one attached hydrogen (secondary N) is 1. The smallest absolute Gasteiger partial charge is 0.272 e. The molecule has 1 fully saturated rings. The quantitative estimate of drug-likeness (QED) is 0.750. The largest absolute Gasteiger partial charge is 0.337 e. The van der Waals surface area contributed by atoms with Crippen molar-refractivity contribution < 1.29 is 4.79 Å². The van der Waals surface area contributed by atoms with Gasteiger partial charge in [0.2, 0.25) is 0 Å². The average Bonchev–Trinajstić information content (AvgIpc) is 3.17. The third-order valence-corrected chi connectivity index (χ3v) is 5.91. The maximum absolute atomic E-state index is 12.9. The summed E-state index contributed by atoms with van der Waals surface area (Å²) < 4.78 is 1.47. The molecule has 0 unspecified atom stereocenters. The molecule has 0 aliphatic carbocycles. The van der Waals surface area contributed by atoms with Gasteiger partial charge >= 0.3 is 0 Å². The van der Waals surface area contributed by atoms with E-state index in [1.807, 2.05) is 31.7 Å². The first kappa shape index (κ1) is 17.0. The van der Waals surface area contributed by atoms with Crippen LogP contribution < -0.4 is 5.56 Å². The van der Waals surface area contributed by atoms with E-state index in [9.17, 15) is 9.59 Å². The maximum Gasteiger partial charge on any atom is 0.272 e. The fourth-order valence-corrected chi connectivity index (χ4v) is 4.51. The number of hydrogen-bond donors (Lipinski definition) is 1. The molecule has 136 valence electrons. The molecular weight excluding hydrogens is 350 g/mol. The lowest BCUT2D eigenvalue weighted by molar-refractivity contribution is 0.0710. The molecular formula is C18H21N5O2S. The summed E-state index contributed by atoms with van der Waals surface area (Å²) in [6, 6.07) is 3.44. The van der Waals surface area contributed by atoms with Gasteiger partial charge in [0, 0.05) is 42.5 Å². The lowest BCUT2D eigenvalue weighted by Gasteiger charge is -2.32. The third kappa shape index (κ3) is 2.94. The molecule has 3 aromatic rings. The fraction of sp³-hybridized carbons (Fsp3) is 0.444. The van der Waals surface area contributed by atoms with Crippen LogP contribution in [0, 0.1) is 20.8 Å². The highest BCUT2D eigenvalue weighted by atomic mass is 32.1. The Balaban J connectivity index is 1.61. The first-order valence-corrected chi connectivity index (χ1v) is 9.56. The highest BCUT2D eigenvalue weighted by Crippen LogP contribution is 2.28. The van der Waals surface area contributed by atoms with Crippen LogP contribution in [0.1, 0.15) is 50.5 Å². The van der Waals surface area contributed by atoms with E-state index in [2.05, 4.69) is 15.1 Å². The SMILES string of the molecule is Cc1cc(=O)n2[nH]c([C@H]3CCCN(C(=O)c4sc(C)nc4C)C3)cc2n1. The third-order valence-electron chi connectivity index (χ3n) is 4.84. The molecule has 3 aromatic heterocycles. The van der Waals surface area contributed by atoms with E-state index in [-0.39, 0.29) is 17.4 Å². The van der Waals surface area contributed by atoms with Crippen molar-refractivity contribution in [2.75, 3.05) is 13.1 Å². The molecule has 0 bridgehead atoms. The van der Waals surface area contributed by atoms with Crippen LogP contribution in [0.3, 0.4) is 0 Å². The highest BCUT2D eigenvalue weighted by molar-refractivity contribution is 7.13. The van der Waals surface area contributed by atoms with Gasteiger partial charge in [-0.25, -0.2) is 14.5 Å². The number of aryl methyl sites for hydroxylation is 3. The van der Waals surface area contributed by atoms with Crippen LogP contribution in [0.15, 0.2) is 16.9 Å². The number of amides is 1. The van der Waals surface area contributed by atoms with Gasteiger partial charge in [0.15, 0.2) is 5.65 Å². The van der Waals surface area contributed by atoms with Gasteiger partial charge < -0.3 is 4.90 Å². The summed E-state index contributed by atoms with van der Waals surface area (Å²) in [6.07, 6.45) is 1.91. The van der Waals surface area contributed by atoms with E-state index in [4.69, 9.17) is 0 Å². The minimum absolute atomic E-state index is 0.0556. The van der Waals surface area contributed by atoms with Crippen molar-refractivity contribution in [1.29, 1.82) is 0 Å². The number of carbonyl (C=O) groups excluding carboxylic acids is 1. The first-order valence-electron chi connectivity index (χ1n) is 8.75. The molecule has 26 heavy (non-hydrogen) atoms. The topological polar surface area (TPSA) is 83.4 Å². The Labute approximate surface area is 154 Å². The highest BCUT2D eigenvalue weighted by Gasteiger charge is 2.28. The number of H-pyrrole nitrogens is 1. The molecule has 7 nitrogen and oxygen atoms in total. The summed E-state index contributed by atoms with van der Waals surface area (Å²) in [5, 5.41) is 4.08. The average molecular weight is 371 g/mol. The van der Waals surface area contributed by atoms with Gasteiger partial charge in [-0.05, 0) is 33.6 Å². The predicted octanol–water partition coefficient (Wildman–Crippen LogP) is 2.42. The fourth-order valence-electron chi connectivity index (χ4n) is 3.63. The van der Waals surface area contributed by atoms with Crippen molar-refractivity contribution in [1.82, 2.24) is 24.5 Å². The normalized spacial score (nSPS) is 17.8. The van der Waals surface area contributed by atoms with E-state index < -0.39 is 0 Å². The number of thiazole rings is 1. The zero-order chi connectivity index (χ0) is 18.4. The molecule has 0 spiro atoms. The zero-order valence-electron chi connectivity index (χ0n) is 15.1. The van der Waals surface area contributed by atoms with Crippen molar-refractivity contribution in [3.05, 3.63) is 49.5 Å². The second kappa shape index (κ2) is 6.35. The second-order valence-electron chi connectivity index (χ2n) is 6.88. The lowest BCUT2D eigenvalue weighted by Crippen LogP contribution is -2.39. The van der Waals surface area contributed by atoms with Crippen LogP contribution in [0.2, 0.25) is 0 Å². The van der Waals surface area contributed by atoms with Gasteiger partial charge in [0.05, 0.1) is 10.7 Å². The molecule has 1 atom stereocenters. The van der Waals surface area contributed by atoms with Gasteiger partial charge in [-0.15, -0.1) is 11.3 Å². The van der Waals surface area contributed by atoms with Crippen LogP contribution in [-0.2, 0) is 0 Å². The van der Waals surface area contributed by atoms with Crippen LogP contribution >= 0.6 is 11.3 Å². The van der Waals surface area contributed by atoms with Crippen LogP contribution in [0.4, 0.5) is 0 Å². The van der Waals surface area contributed by atoms with Gasteiger partial charge in [0.25, 0.3) is 11.5 Å². The summed E-state index contributed by atoms with van der Waals surface area (Å²) in [6.45, 7) is 7.01. The number of carbonyl (C=O) groups is 1. The van der Waals surface area contributed by atoms with Crippen LogP contribution in [0.25, 0.3) is 5.65 Å². The molecule has 1 aliphatic rings. The molecule has 1 amide bonds. The summed E-state index contributed by atoms with van der Waals surface area (Å²) in [7, 11) is 0. The van der Waals surface area contributed by atoms with Crippen molar-refractivity contribution >= 4 is 22.9 Å². The Bertz CT molecular complexity index is 1050. The van der Waals surface area contributed by atoms with Crippen molar-refractivity contribution in [2.24, 2.45) is 0 Å². The van der Waals surface area contributed by atoms with E-state index in [1.54, 1.807) is 0 Å². The molecule has 1 saturated heterocycles. The minimum Gasteiger partial charge on any atom is -0.337 e. The second-order valence-corrected chi connectivity index (χ2v) is 8.08. The number of nitrogens with zero attached hydrogens (tertiary/aromatic N) is 4. The molecule has 1 N–H and O–H groups in total. The van der Waals surface area contributed by atoms with Gasteiger partial charge in [-0.1, -0.05) is 0 Å². The van der Waals surface area contributed by atoms with E-state index in [1.165, 1.54) is 21.9 Å².